The average Bonchev–Trinajstić information content (AvgIpc) is 3.21. The molecule has 144 valence electrons. The molecule has 0 radical (unpaired) electrons. The Balaban J connectivity index is 1.44. The first-order valence-electron chi connectivity index (χ1n) is 9.04. The smallest absolute Gasteiger partial charge is 0.210 e. The minimum Gasteiger partial charge on any atom is -0.353 e. The Labute approximate surface area is 178 Å². The molecule has 0 aliphatic rings. The van der Waals surface area contributed by atoms with Gasteiger partial charge in [-0.2, -0.15) is 0 Å². The van der Waals surface area contributed by atoms with Crippen LogP contribution in [0.15, 0.2) is 79.0 Å². The molecule has 0 spiro atoms. The van der Waals surface area contributed by atoms with Gasteiger partial charge in [-0.05, 0) is 29.8 Å². The molecule has 6 heteroatoms. The number of carbonyl (C=O) groups excluding carboxylic acids is 1. The Morgan fingerprint density at radius 2 is 1.59 bits per heavy atom. The molecular formula is C23H17Cl2N3O. The molecule has 0 saturated heterocycles. The highest BCUT2D eigenvalue weighted by molar-refractivity contribution is 6.39. The van der Waals surface area contributed by atoms with Crippen LogP contribution in [0.1, 0.15) is 27.4 Å². The Bertz CT molecular complexity index is 1120. The van der Waals surface area contributed by atoms with Gasteiger partial charge in [0.05, 0.1) is 21.9 Å². The number of ketones is 1. The number of benzene rings is 3. The van der Waals surface area contributed by atoms with Gasteiger partial charge in [-0.1, -0.05) is 71.7 Å². The van der Waals surface area contributed by atoms with Crippen LogP contribution in [0.3, 0.4) is 0 Å². The number of H-pyrrole nitrogens is 1. The van der Waals surface area contributed by atoms with Crippen molar-refractivity contribution in [1.82, 2.24) is 9.97 Å². The predicted molar refractivity (Wildman–Crippen MR) is 117 cm³/mol. The quantitative estimate of drug-likeness (QED) is 0.360. The molecule has 0 bridgehead atoms. The summed E-state index contributed by atoms with van der Waals surface area (Å²) in [5.41, 5.74) is 3.74. The van der Waals surface area contributed by atoms with Crippen LogP contribution < -0.4 is 5.32 Å². The molecule has 4 rings (SSSR count). The van der Waals surface area contributed by atoms with Crippen LogP contribution in [0.4, 0.5) is 11.4 Å². The van der Waals surface area contributed by atoms with Crippen molar-refractivity contribution in [2.75, 3.05) is 5.32 Å². The summed E-state index contributed by atoms with van der Waals surface area (Å²) < 4.78 is 0. The number of carbonyl (C=O) groups is 1. The van der Waals surface area contributed by atoms with Gasteiger partial charge in [0.15, 0.2) is 0 Å². The third-order valence-corrected chi connectivity index (χ3v) is 5.10. The van der Waals surface area contributed by atoms with Crippen molar-refractivity contribution >= 4 is 40.4 Å². The van der Waals surface area contributed by atoms with Gasteiger partial charge >= 0.3 is 0 Å². The molecule has 1 heterocycles. The molecule has 2 N–H and O–H groups in total. The van der Waals surface area contributed by atoms with Crippen molar-refractivity contribution in [3.05, 3.63) is 112 Å². The van der Waals surface area contributed by atoms with Crippen molar-refractivity contribution < 1.29 is 4.79 Å². The Morgan fingerprint density at radius 1 is 0.897 bits per heavy atom. The fourth-order valence-electron chi connectivity index (χ4n) is 2.97. The monoisotopic (exact) mass is 421 g/mol. The van der Waals surface area contributed by atoms with Crippen molar-refractivity contribution in [2.45, 2.75) is 6.42 Å². The molecule has 3 aromatic carbocycles. The number of aromatic amines is 1. The minimum atomic E-state index is -0.0690. The fourth-order valence-corrected chi connectivity index (χ4v) is 3.47. The summed E-state index contributed by atoms with van der Waals surface area (Å²) in [5.74, 6) is 0.666. The van der Waals surface area contributed by atoms with E-state index < -0.39 is 0 Å². The molecular weight excluding hydrogens is 405 g/mol. The van der Waals surface area contributed by atoms with E-state index in [1.54, 1.807) is 36.5 Å². The van der Waals surface area contributed by atoms with Crippen molar-refractivity contribution in [1.29, 1.82) is 0 Å². The molecule has 29 heavy (non-hydrogen) atoms. The zero-order chi connectivity index (χ0) is 20.2. The van der Waals surface area contributed by atoms with Crippen molar-refractivity contribution in [3.63, 3.8) is 0 Å². The Kier molecular flexibility index (Phi) is 5.65. The fraction of sp³-hybridized carbons (Fsp3) is 0.0435. The Hall–Kier alpha value is -3.08. The first-order chi connectivity index (χ1) is 14.1. The first kappa shape index (κ1) is 19.2. The number of hydrogen-bond acceptors (Lipinski definition) is 3. The van der Waals surface area contributed by atoms with Crippen molar-refractivity contribution in [2.24, 2.45) is 0 Å². The van der Waals surface area contributed by atoms with Gasteiger partial charge in [0.25, 0.3) is 0 Å². The molecule has 0 aliphatic heterocycles. The summed E-state index contributed by atoms with van der Waals surface area (Å²) in [4.78, 5) is 19.9. The lowest BCUT2D eigenvalue weighted by molar-refractivity contribution is 0.103. The maximum Gasteiger partial charge on any atom is 0.210 e. The molecule has 0 amide bonds. The van der Waals surface area contributed by atoms with E-state index in [9.17, 15) is 4.79 Å². The van der Waals surface area contributed by atoms with Gasteiger partial charge in [0.1, 0.15) is 11.5 Å². The zero-order valence-corrected chi connectivity index (χ0v) is 16.8. The Morgan fingerprint density at radius 3 is 2.28 bits per heavy atom. The standard InChI is InChI=1S/C23H17Cl2N3O/c24-18-7-4-8-19(25)22(18)27-17-11-9-15(10-12-17)13-21-26-14-20(28-21)23(29)16-5-2-1-3-6-16/h1-12,14,27H,13H2,(H,26,28). The lowest BCUT2D eigenvalue weighted by atomic mass is 10.1. The van der Waals surface area contributed by atoms with E-state index in [0.29, 0.717) is 33.4 Å². The van der Waals surface area contributed by atoms with Crippen LogP contribution in [0.2, 0.25) is 10.0 Å². The summed E-state index contributed by atoms with van der Waals surface area (Å²) in [6.45, 7) is 0. The number of imidazole rings is 1. The van der Waals surface area contributed by atoms with Gasteiger partial charge in [-0.25, -0.2) is 4.98 Å². The molecule has 0 fully saturated rings. The van der Waals surface area contributed by atoms with E-state index in [1.165, 1.54) is 0 Å². The normalized spacial score (nSPS) is 10.7. The zero-order valence-electron chi connectivity index (χ0n) is 15.3. The number of nitrogens with one attached hydrogen (secondary N) is 2. The highest BCUT2D eigenvalue weighted by atomic mass is 35.5. The summed E-state index contributed by atoms with van der Waals surface area (Å²) >= 11 is 12.4. The number of para-hydroxylation sites is 1. The lowest BCUT2D eigenvalue weighted by Crippen LogP contribution is -2.01. The minimum absolute atomic E-state index is 0.0690. The highest BCUT2D eigenvalue weighted by Crippen LogP contribution is 2.32. The molecule has 0 saturated carbocycles. The predicted octanol–water partition coefficient (Wildman–Crippen LogP) is 6.28. The van der Waals surface area contributed by atoms with Gasteiger partial charge in [-0.15, -0.1) is 0 Å². The number of hydrogen-bond donors (Lipinski definition) is 2. The molecule has 0 atom stereocenters. The summed E-state index contributed by atoms with van der Waals surface area (Å²) in [6.07, 6.45) is 2.18. The summed E-state index contributed by atoms with van der Waals surface area (Å²) in [5, 5.41) is 4.36. The summed E-state index contributed by atoms with van der Waals surface area (Å²) in [7, 11) is 0. The molecule has 0 unspecified atom stereocenters. The number of anilines is 2. The SMILES string of the molecule is O=C(c1ccccc1)c1cnc(Cc2ccc(Nc3c(Cl)cccc3Cl)cc2)[nH]1. The van der Waals surface area contributed by atoms with Crippen LogP contribution in [-0.2, 0) is 6.42 Å². The van der Waals surface area contributed by atoms with Crippen LogP contribution >= 0.6 is 23.2 Å². The largest absolute Gasteiger partial charge is 0.353 e. The third kappa shape index (κ3) is 4.50. The van der Waals surface area contributed by atoms with E-state index in [2.05, 4.69) is 15.3 Å². The molecule has 1 aromatic heterocycles. The topological polar surface area (TPSA) is 57.8 Å². The second kappa shape index (κ2) is 8.52. The van der Waals surface area contributed by atoms with Gasteiger partial charge in [0, 0.05) is 17.7 Å². The second-order valence-corrected chi connectivity index (χ2v) is 7.35. The van der Waals surface area contributed by atoms with Crippen LogP contribution in [0, 0.1) is 0 Å². The number of nitrogens with zero attached hydrogens (tertiary/aromatic N) is 1. The van der Waals surface area contributed by atoms with Crippen LogP contribution in [-0.4, -0.2) is 15.8 Å². The van der Waals surface area contributed by atoms with Gasteiger partial charge < -0.3 is 10.3 Å². The summed E-state index contributed by atoms with van der Waals surface area (Å²) in [6, 6.07) is 22.4. The van der Waals surface area contributed by atoms with Gasteiger partial charge in [0.2, 0.25) is 5.78 Å². The highest BCUT2D eigenvalue weighted by Gasteiger charge is 2.12. The van der Waals surface area contributed by atoms with Gasteiger partial charge in [-0.3, -0.25) is 4.79 Å². The van der Waals surface area contributed by atoms with Crippen molar-refractivity contribution in [3.8, 4) is 0 Å². The van der Waals surface area contributed by atoms with Crippen LogP contribution in [0.5, 0.6) is 0 Å². The molecule has 4 nitrogen and oxygen atoms in total. The number of aromatic nitrogens is 2. The lowest BCUT2D eigenvalue weighted by Gasteiger charge is -2.10. The molecule has 4 aromatic rings. The van der Waals surface area contributed by atoms with E-state index in [1.807, 2.05) is 42.5 Å². The van der Waals surface area contributed by atoms with E-state index in [0.717, 1.165) is 17.1 Å². The maximum atomic E-state index is 12.5. The van der Waals surface area contributed by atoms with E-state index in [4.69, 9.17) is 23.2 Å². The van der Waals surface area contributed by atoms with E-state index in [-0.39, 0.29) is 5.78 Å². The number of rotatable bonds is 6. The van der Waals surface area contributed by atoms with E-state index >= 15 is 0 Å². The molecule has 0 aliphatic carbocycles. The average molecular weight is 422 g/mol. The maximum absolute atomic E-state index is 12.5. The van der Waals surface area contributed by atoms with Crippen LogP contribution in [0.25, 0.3) is 0 Å². The second-order valence-electron chi connectivity index (χ2n) is 6.53. The number of halogens is 2. The third-order valence-electron chi connectivity index (χ3n) is 4.47. The first-order valence-corrected chi connectivity index (χ1v) is 9.79.